The molecule has 102 valence electrons. The van der Waals surface area contributed by atoms with E-state index in [0.29, 0.717) is 5.02 Å². The van der Waals surface area contributed by atoms with Crippen LogP contribution < -0.4 is 0 Å². The lowest BCUT2D eigenvalue weighted by atomic mass is 10.0. The molecular weight excluding hydrogens is 280 g/mol. The summed E-state index contributed by atoms with van der Waals surface area (Å²) in [7, 11) is 0. The Balaban J connectivity index is 2.36. The smallest absolute Gasteiger partial charge is 0.231 e. The predicted octanol–water partition coefficient (Wildman–Crippen LogP) is 3.92. The molecule has 0 saturated carbocycles. The molecule has 0 bridgehead atoms. The van der Waals surface area contributed by atoms with E-state index in [0.717, 1.165) is 28.9 Å². The third-order valence-electron chi connectivity index (χ3n) is 3.32. The molecule has 0 spiro atoms. The Morgan fingerprint density at radius 1 is 1.42 bits per heavy atom. The number of carbonyl (C=O) groups is 1. The van der Waals surface area contributed by atoms with Gasteiger partial charge in [-0.1, -0.05) is 17.7 Å². The lowest BCUT2D eigenvalue weighted by Crippen LogP contribution is -2.34. The van der Waals surface area contributed by atoms with Crippen molar-refractivity contribution in [3.05, 3.63) is 28.9 Å². The molecule has 1 unspecified atom stereocenters. The van der Waals surface area contributed by atoms with Gasteiger partial charge in [-0.05, 0) is 44.4 Å². The number of rotatable bonds is 4. The van der Waals surface area contributed by atoms with E-state index in [-0.39, 0.29) is 11.8 Å². The molecule has 1 atom stereocenters. The highest BCUT2D eigenvalue weighted by Gasteiger charge is 2.23. The first-order valence-corrected chi connectivity index (χ1v) is 7.57. The van der Waals surface area contributed by atoms with Gasteiger partial charge in [0, 0.05) is 23.5 Å². The first-order chi connectivity index (χ1) is 9.08. The Hall–Kier alpha value is -1.13. The predicted molar refractivity (Wildman–Crippen MR) is 81.0 cm³/mol. The number of likely N-dealkylation sites (N-methyl/N-ethyl adjacent to an activating group) is 1. The maximum atomic E-state index is 12.4. The third-order valence-corrected chi connectivity index (χ3v) is 4.38. The highest BCUT2D eigenvalue weighted by atomic mass is 35.5. The summed E-state index contributed by atoms with van der Waals surface area (Å²) in [6, 6.07) is 5.69. The van der Waals surface area contributed by atoms with Crippen LogP contribution in [0.25, 0.3) is 10.1 Å². The van der Waals surface area contributed by atoms with Gasteiger partial charge in [0.05, 0.1) is 16.3 Å². The standard InChI is InChI=1S/C14H17ClN2OS/c1-4-17(5-2)14(18)9(3)13-11-7-6-10(15)8-12(11)19-16-13/h6-9H,4-5H2,1-3H3. The van der Waals surface area contributed by atoms with Gasteiger partial charge in [0.2, 0.25) is 5.91 Å². The van der Waals surface area contributed by atoms with Gasteiger partial charge in [0.15, 0.2) is 0 Å². The van der Waals surface area contributed by atoms with E-state index in [9.17, 15) is 4.79 Å². The van der Waals surface area contributed by atoms with Crippen LogP contribution in [0, 0.1) is 0 Å². The summed E-state index contributed by atoms with van der Waals surface area (Å²) in [5, 5.41) is 1.73. The number of halogens is 1. The Morgan fingerprint density at radius 2 is 2.11 bits per heavy atom. The number of hydrogen-bond donors (Lipinski definition) is 0. The monoisotopic (exact) mass is 296 g/mol. The zero-order valence-corrected chi connectivity index (χ0v) is 12.9. The van der Waals surface area contributed by atoms with E-state index < -0.39 is 0 Å². The number of hydrogen-bond acceptors (Lipinski definition) is 3. The number of amides is 1. The van der Waals surface area contributed by atoms with Crippen LogP contribution in [0.15, 0.2) is 18.2 Å². The minimum atomic E-state index is -0.213. The fourth-order valence-electron chi connectivity index (χ4n) is 2.17. The van der Waals surface area contributed by atoms with Crippen molar-refractivity contribution < 1.29 is 4.79 Å². The van der Waals surface area contributed by atoms with E-state index in [1.54, 1.807) is 0 Å². The summed E-state index contributed by atoms with van der Waals surface area (Å²) in [6.45, 7) is 7.37. The van der Waals surface area contributed by atoms with Gasteiger partial charge in [0.1, 0.15) is 0 Å². The van der Waals surface area contributed by atoms with Crippen molar-refractivity contribution in [2.24, 2.45) is 0 Å². The summed E-state index contributed by atoms with van der Waals surface area (Å²) in [5.41, 5.74) is 0.855. The molecular formula is C14H17ClN2OS. The Kier molecular flexibility index (Phi) is 4.42. The minimum Gasteiger partial charge on any atom is -0.343 e. The van der Waals surface area contributed by atoms with E-state index in [4.69, 9.17) is 11.6 Å². The summed E-state index contributed by atoms with van der Waals surface area (Å²) in [5.74, 6) is -0.0815. The quantitative estimate of drug-likeness (QED) is 0.857. The van der Waals surface area contributed by atoms with Crippen molar-refractivity contribution in [2.75, 3.05) is 13.1 Å². The molecule has 1 aromatic heterocycles. The zero-order valence-electron chi connectivity index (χ0n) is 11.3. The van der Waals surface area contributed by atoms with Crippen LogP contribution in [0.1, 0.15) is 32.4 Å². The maximum Gasteiger partial charge on any atom is 0.231 e. The van der Waals surface area contributed by atoms with Crippen LogP contribution in [-0.4, -0.2) is 28.3 Å². The lowest BCUT2D eigenvalue weighted by Gasteiger charge is -2.22. The molecule has 3 nitrogen and oxygen atoms in total. The van der Waals surface area contributed by atoms with E-state index in [2.05, 4.69) is 4.37 Å². The van der Waals surface area contributed by atoms with Crippen molar-refractivity contribution in [3.8, 4) is 0 Å². The molecule has 2 rings (SSSR count). The second kappa shape index (κ2) is 5.88. The van der Waals surface area contributed by atoms with Crippen molar-refractivity contribution >= 4 is 39.1 Å². The number of fused-ring (bicyclic) bond motifs is 1. The Morgan fingerprint density at radius 3 is 2.74 bits per heavy atom. The molecule has 5 heteroatoms. The number of benzene rings is 1. The maximum absolute atomic E-state index is 12.4. The zero-order chi connectivity index (χ0) is 14.0. The van der Waals surface area contributed by atoms with Crippen molar-refractivity contribution in [3.63, 3.8) is 0 Å². The Bertz CT molecular complexity index is 592. The largest absolute Gasteiger partial charge is 0.343 e. The van der Waals surface area contributed by atoms with Gasteiger partial charge < -0.3 is 4.90 Å². The van der Waals surface area contributed by atoms with Gasteiger partial charge in [-0.15, -0.1) is 0 Å². The van der Waals surface area contributed by atoms with Gasteiger partial charge in [-0.25, -0.2) is 0 Å². The van der Waals surface area contributed by atoms with Crippen LogP contribution in [0.2, 0.25) is 5.02 Å². The van der Waals surface area contributed by atoms with Gasteiger partial charge in [-0.3, -0.25) is 4.79 Å². The molecule has 1 heterocycles. The van der Waals surface area contributed by atoms with Gasteiger partial charge in [-0.2, -0.15) is 4.37 Å². The molecule has 0 aliphatic carbocycles. The Labute approximate surface area is 122 Å². The summed E-state index contributed by atoms with van der Waals surface area (Å²) >= 11 is 7.36. The van der Waals surface area contributed by atoms with Crippen LogP contribution in [0.5, 0.6) is 0 Å². The molecule has 1 aromatic carbocycles. The summed E-state index contributed by atoms with van der Waals surface area (Å²) in [6.07, 6.45) is 0. The number of nitrogens with zero attached hydrogens (tertiary/aromatic N) is 2. The first-order valence-electron chi connectivity index (χ1n) is 6.42. The second-order valence-electron chi connectivity index (χ2n) is 4.44. The molecule has 0 N–H and O–H groups in total. The molecule has 0 aliphatic rings. The number of aromatic nitrogens is 1. The second-order valence-corrected chi connectivity index (χ2v) is 5.68. The van der Waals surface area contributed by atoms with E-state index in [1.165, 1.54) is 11.5 Å². The lowest BCUT2D eigenvalue weighted by molar-refractivity contribution is -0.132. The van der Waals surface area contributed by atoms with E-state index >= 15 is 0 Å². The normalized spacial score (nSPS) is 12.6. The first kappa shape index (κ1) is 14.3. The van der Waals surface area contributed by atoms with Crippen molar-refractivity contribution in [1.82, 2.24) is 9.27 Å². The minimum absolute atomic E-state index is 0.132. The third kappa shape index (κ3) is 2.74. The molecule has 0 fully saturated rings. The fraction of sp³-hybridized carbons (Fsp3) is 0.429. The van der Waals surface area contributed by atoms with Gasteiger partial charge in [0.25, 0.3) is 0 Å². The molecule has 0 saturated heterocycles. The average molecular weight is 297 g/mol. The van der Waals surface area contributed by atoms with Crippen LogP contribution in [-0.2, 0) is 4.79 Å². The molecule has 2 aromatic rings. The molecule has 19 heavy (non-hydrogen) atoms. The van der Waals surface area contributed by atoms with Crippen LogP contribution >= 0.6 is 23.1 Å². The highest BCUT2D eigenvalue weighted by Crippen LogP contribution is 2.31. The summed E-state index contributed by atoms with van der Waals surface area (Å²) < 4.78 is 5.47. The highest BCUT2D eigenvalue weighted by molar-refractivity contribution is 7.13. The van der Waals surface area contributed by atoms with E-state index in [1.807, 2.05) is 43.9 Å². The molecule has 1 amide bonds. The van der Waals surface area contributed by atoms with Crippen molar-refractivity contribution in [1.29, 1.82) is 0 Å². The fourth-order valence-corrected chi connectivity index (χ4v) is 3.31. The van der Waals surface area contributed by atoms with Crippen LogP contribution in [0.4, 0.5) is 0 Å². The average Bonchev–Trinajstić information content (AvgIpc) is 2.81. The topological polar surface area (TPSA) is 33.2 Å². The number of carbonyl (C=O) groups excluding carboxylic acids is 1. The SMILES string of the molecule is CCN(CC)C(=O)C(C)c1nsc2cc(Cl)ccc12. The van der Waals surface area contributed by atoms with Crippen LogP contribution in [0.3, 0.4) is 0 Å². The summed E-state index contributed by atoms with van der Waals surface area (Å²) in [4.78, 5) is 14.2. The molecule has 0 aliphatic heterocycles. The van der Waals surface area contributed by atoms with Gasteiger partial charge >= 0.3 is 0 Å². The van der Waals surface area contributed by atoms with Crippen molar-refractivity contribution in [2.45, 2.75) is 26.7 Å². The molecule has 0 radical (unpaired) electrons.